The molecule has 0 aromatic heterocycles. The summed E-state index contributed by atoms with van der Waals surface area (Å²) in [6, 6.07) is 5.20. The van der Waals surface area contributed by atoms with Crippen LogP contribution in [0.5, 0.6) is 0 Å². The molecule has 0 radical (unpaired) electrons. The SMILES string of the molecule is Cc1ccc(S(=O)(=O)N2CCC(C(=O)NC(C)(C)CN)CC2)cc1C.Cl. The van der Waals surface area contributed by atoms with Gasteiger partial charge in [0, 0.05) is 31.1 Å². The molecule has 0 unspecified atom stereocenters. The van der Waals surface area contributed by atoms with Gasteiger partial charge >= 0.3 is 0 Å². The Bertz CT molecular complexity index is 742. The van der Waals surface area contributed by atoms with E-state index < -0.39 is 15.6 Å². The maximum Gasteiger partial charge on any atom is 0.243 e. The zero-order valence-corrected chi connectivity index (χ0v) is 17.5. The summed E-state index contributed by atoms with van der Waals surface area (Å²) in [5.41, 5.74) is 7.23. The molecule has 2 rings (SSSR count). The number of hydrogen-bond donors (Lipinski definition) is 2. The van der Waals surface area contributed by atoms with Crippen LogP contribution in [0.2, 0.25) is 0 Å². The van der Waals surface area contributed by atoms with Crippen molar-refractivity contribution in [3.63, 3.8) is 0 Å². The smallest absolute Gasteiger partial charge is 0.243 e. The van der Waals surface area contributed by atoms with E-state index in [0.717, 1.165) is 11.1 Å². The Labute approximate surface area is 163 Å². The van der Waals surface area contributed by atoms with Gasteiger partial charge in [-0.05, 0) is 63.8 Å². The van der Waals surface area contributed by atoms with E-state index in [1.807, 2.05) is 33.8 Å². The Hall–Kier alpha value is -1.15. The van der Waals surface area contributed by atoms with Crippen molar-refractivity contribution in [2.75, 3.05) is 19.6 Å². The second-order valence-electron chi connectivity index (χ2n) is 7.50. The van der Waals surface area contributed by atoms with Crippen LogP contribution in [0.1, 0.15) is 37.8 Å². The molecule has 26 heavy (non-hydrogen) atoms. The third kappa shape index (κ3) is 5.19. The van der Waals surface area contributed by atoms with Crippen LogP contribution >= 0.6 is 12.4 Å². The summed E-state index contributed by atoms with van der Waals surface area (Å²) in [5.74, 6) is -0.212. The number of benzene rings is 1. The zero-order chi connectivity index (χ0) is 18.8. The number of sulfonamides is 1. The molecule has 8 heteroatoms. The quantitative estimate of drug-likeness (QED) is 0.786. The molecule has 1 aromatic carbocycles. The lowest BCUT2D eigenvalue weighted by Crippen LogP contribution is -2.52. The lowest BCUT2D eigenvalue weighted by Gasteiger charge is -2.33. The van der Waals surface area contributed by atoms with Crippen LogP contribution in [0.4, 0.5) is 0 Å². The minimum atomic E-state index is -3.51. The molecular weight excluding hydrogens is 374 g/mol. The third-order valence-corrected chi connectivity index (χ3v) is 6.81. The van der Waals surface area contributed by atoms with E-state index >= 15 is 0 Å². The number of carbonyl (C=O) groups is 1. The fourth-order valence-corrected chi connectivity index (χ4v) is 4.42. The average molecular weight is 404 g/mol. The average Bonchev–Trinajstić information content (AvgIpc) is 2.57. The summed E-state index contributed by atoms with van der Waals surface area (Å²) in [6.45, 7) is 8.70. The molecule has 1 fully saturated rings. The highest BCUT2D eigenvalue weighted by atomic mass is 35.5. The summed E-state index contributed by atoms with van der Waals surface area (Å²) in [6.07, 6.45) is 1.05. The van der Waals surface area contributed by atoms with Crippen molar-refractivity contribution in [3.8, 4) is 0 Å². The van der Waals surface area contributed by atoms with Crippen molar-refractivity contribution in [1.82, 2.24) is 9.62 Å². The molecule has 1 aromatic rings. The van der Waals surface area contributed by atoms with E-state index in [4.69, 9.17) is 5.73 Å². The second kappa shape index (κ2) is 8.69. The summed E-state index contributed by atoms with van der Waals surface area (Å²) < 4.78 is 27.1. The lowest BCUT2D eigenvalue weighted by molar-refractivity contribution is -0.127. The van der Waals surface area contributed by atoms with Crippen LogP contribution in [-0.2, 0) is 14.8 Å². The first-order valence-electron chi connectivity index (χ1n) is 8.66. The highest BCUT2D eigenvalue weighted by Gasteiger charge is 2.33. The Balaban J connectivity index is 0.00000338. The van der Waals surface area contributed by atoms with Gasteiger partial charge < -0.3 is 11.1 Å². The molecule has 1 heterocycles. The van der Waals surface area contributed by atoms with Gasteiger partial charge in [0.25, 0.3) is 0 Å². The van der Waals surface area contributed by atoms with Gasteiger partial charge in [-0.2, -0.15) is 4.31 Å². The second-order valence-corrected chi connectivity index (χ2v) is 9.44. The zero-order valence-electron chi connectivity index (χ0n) is 15.9. The first-order chi connectivity index (χ1) is 11.6. The molecule has 1 aliphatic heterocycles. The van der Waals surface area contributed by atoms with Crippen molar-refractivity contribution in [3.05, 3.63) is 29.3 Å². The number of amides is 1. The highest BCUT2D eigenvalue weighted by Crippen LogP contribution is 2.25. The van der Waals surface area contributed by atoms with Gasteiger partial charge in [-0.25, -0.2) is 8.42 Å². The Morgan fingerprint density at radius 1 is 1.23 bits per heavy atom. The molecule has 1 amide bonds. The maximum absolute atomic E-state index is 12.8. The van der Waals surface area contributed by atoms with Gasteiger partial charge in [0.05, 0.1) is 4.90 Å². The Kier molecular flexibility index (Phi) is 7.65. The van der Waals surface area contributed by atoms with E-state index in [1.165, 1.54) is 4.31 Å². The largest absolute Gasteiger partial charge is 0.350 e. The molecule has 6 nitrogen and oxygen atoms in total. The number of carbonyl (C=O) groups excluding carboxylic acids is 1. The lowest BCUT2D eigenvalue weighted by atomic mass is 9.95. The van der Waals surface area contributed by atoms with Crippen LogP contribution in [0.25, 0.3) is 0 Å². The summed E-state index contributed by atoms with van der Waals surface area (Å²) in [4.78, 5) is 12.7. The van der Waals surface area contributed by atoms with E-state index in [2.05, 4.69) is 5.32 Å². The third-order valence-electron chi connectivity index (χ3n) is 4.91. The fourth-order valence-electron chi connectivity index (χ4n) is 2.87. The van der Waals surface area contributed by atoms with Gasteiger partial charge in [0.1, 0.15) is 0 Å². The molecule has 0 spiro atoms. The first kappa shape index (κ1) is 22.9. The van der Waals surface area contributed by atoms with E-state index in [1.54, 1.807) is 12.1 Å². The number of piperidine rings is 1. The fraction of sp³-hybridized carbons (Fsp3) is 0.611. The molecule has 148 valence electrons. The van der Waals surface area contributed by atoms with Crippen LogP contribution in [0, 0.1) is 19.8 Å². The molecule has 0 saturated carbocycles. The van der Waals surface area contributed by atoms with E-state index in [-0.39, 0.29) is 24.2 Å². The number of nitrogens with one attached hydrogen (secondary N) is 1. The molecule has 3 N–H and O–H groups in total. The summed E-state index contributed by atoms with van der Waals surface area (Å²) in [7, 11) is -3.51. The van der Waals surface area contributed by atoms with Gasteiger partial charge in [0.15, 0.2) is 0 Å². The normalized spacial score (nSPS) is 16.8. The van der Waals surface area contributed by atoms with Gasteiger partial charge in [-0.15, -0.1) is 12.4 Å². The van der Waals surface area contributed by atoms with Crippen molar-refractivity contribution in [2.24, 2.45) is 11.7 Å². The molecule has 0 aliphatic carbocycles. The maximum atomic E-state index is 12.8. The summed E-state index contributed by atoms with van der Waals surface area (Å²) in [5, 5.41) is 2.94. The van der Waals surface area contributed by atoms with E-state index in [9.17, 15) is 13.2 Å². The van der Waals surface area contributed by atoms with Gasteiger partial charge in [-0.1, -0.05) is 6.07 Å². The van der Waals surface area contributed by atoms with Crippen molar-refractivity contribution in [1.29, 1.82) is 0 Å². The molecular formula is C18H30ClN3O3S. The summed E-state index contributed by atoms with van der Waals surface area (Å²) >= 11 is 0. The van der Waals surface area contributed by atoms with Crippen LogP contribution in [0.15, 0.2) is 23.1 Å². The van der Waals surface area contributed by atoms with Crippen LogP contribution < -0.4 is 11.1 Å². The first-order valence-corrected chi connectivity index (χ1v) is 10.1. The highest BCUT2D eigenvalue weighted by molar-refractivity contribution is 7.89. The van der Waals surface area contributed by atoms with Crippen LogP contribution in [-0.4, -0.2) is 43.8 Å². The standard InChI is InChI=1S/C18H29N3O3S.ClH/c1-13-5-6-16(11-14(13)2)25(23,24)21-9-7-15(8-10-21)17(22)20-18(3,4)12-19;/h5-6,11,15H,7-10,12,19H2,1-4H3,(H,20,22);1H. The number of nitrogens with two attached hydrogens (primary N) is 1. The minimum absolute atomic E-state index is 0. The number of halogens is 1. The molecule has 1 aliphatic rings. The number of rotatable bonds is 5. The predicted octanol–water partition coefficient (Wildman–Crippen LogP) is 1.98. The number of nitrogens with zero attached hydrogens (tertiary/aromatic N) is 1. The van der Waals surface area contributed by atoms with Crippen molar-refractivity contribution < 1.29 is 13.2 Å². The van der Waals surface area contributed by atoms with Gasteiger partial charge in [0.2, 0.25) is 15.9 Å². The molecule has 1 saturated heterocycles. The molecule has 0 atom stereocenters. The Morgan fingerprint density at radius 3 is 2.31 bits per heavy atom. The number of aryl methyl sites for hydroxylation is 2. The monoisotopic (exact) mass is 403 g/mol. The minimum Gasteiger partial charge on any atom is -0.350 e. The molecule has 0 bridgehead atoms. The van der Waals surface area contributed by atoms with Crippen LogP contribution in [0.3, 0.4) is 0 Å². The number of hydrogen-bond acceptors (Lipinski definition) is 4. The van der Waals surface area contributed by atoms with E-state index in [0.29, 0.717) is 37.4 Å². The predicted molar refractivity (Wildman–Crippen MR) is 106 cm³/mol. The topological polar surface area (TPSA) is 92.5 Å². The Morgan fingerprint density at radius 2 is 1.81 bits per heavy atom. The van der Waals surface area contributed by atoms with Crippen molar-refractivity contribution >= 4 is 28.3 Å². The van der Waals surface area contributed by atoms with Gasteiger partial charge in [-0.3, -0.25) is 4.79 Å². The van der Waals surface area contributed by atoms with Crippen molar-refractivity contribution in [2.45, 2.75) is 51.0 Å².